The number of nitrogens with zero attached hydrogens (tertiary/aromatic N) is 3. The van der Waals surface area contributed by atoms with E-state index in [1.54, 1.807) is 12.1 Å². The van der Waals surface area contributed by atoms with E-state index in [1.807, 2.05) is 18.7 Å². The number of hydrogen-bond donors (Lipinski definition) is 1. The molecule has 2 heterocycles. The first-order valence-corrected chi connectivity index (χ1v) is 11.5. The molecule has 0 spiro atoms. The van der Waals surface area contributed by atoms with Crippen LogP contribution < -0.4 is 5.32 Å². The molecule has 33 heavy (non-hydrogen) atoms. The summed E-state index contributed by atoms with van der Waals surface area (Å²) in [7, 11) is 0. The second-order valence-corrected chi connectivity index (χ2v) is 10.3. The minimum Gasteiger partial charge on any atom is -0.337 e. The molecule has 1 aliphatic heterocycles. The van der Waals surface area contributed by atoms with Crippen LogP contribution in [0, 0.1) is 25.1 Å². The summed E-state index contributed by atoms with van der Waals surface area (Å²) in [6, 6.07) is 6.45. The Morgan fingerprint density at radius 3 is 2.52 bits per heavy atom. The topological polar surface area (TPSA) is 65.5 Å². The molecule has 0 saturated carbocycles. The number of carbonyl (C=O) groups is 2. The number of piperazine rings is 1. The molecule has 6 nitrogen and oxygen atoms in total. The van der Waals surface area contributed by atoms with Crippen molar-refractivity contribution in [1.29, 1.82) is 0 Å². The lowest BCUT2D eigenvalue weighted by atomic mass is 9.91. The Morgan fingerprint density at radius 2 is 1.91 bits per heavy atom. The molecule has 2 amide bonds. The monoisotopic (exact) mass is 454 g/mol. The molecule has 1 aromatic heterocycles. The number of aryl methyl sites for hydroxylation is 1. The fourth-order valence-electron chi connectivity index (χ4n) is 4.17. The highest BCUT2D eigenvalue weighted by atomic mass is 19.1. The Kier molecular flexibility index (Phi) is 7.52. The summed E-state index contributed by atoms with van der Waals surface area (Å²) in [6.45, 7) is 14.7. The molecular formula is C26H35FN4O2. The highest BCUT2D eigenvalue weighted by molar-refractivity contribution is 6.04. The predicted octanol–water partition coefficient (Wildman–Crippen LogP) is 4.56. The lowest BCUT2D eigenvalue weighted by Gasteiger charge is -2.41. The molecule has 2 aromatic rings. The second kappa shape index (κ2) is 10.00. The van der Waals surface area contributed by atoms with E-state index in [9.17, 15) is 14.0 Å². The van der Waals surface area contributed by atoms with Crippen molar-refractivity contribution >= 4 is 17.5 Å². The molecule has 7 heteroatoms. The first-order chi connectivity index (χ1) is 15.4. The highest BCUT2D eigenvalue weighted by Crippen LogP contribution is 2.26. The molecule has 0 bridgehead atoms. The largest absolute Gasteiger partial charge is 0.337 e. The Balaban J connectivity index is 1.68. The summed E-state index contributed by atoms with van der Waals surface area (Å²) in [4.78, 5) is 33.6. The SMILES string of the molecule is Cc1ccc(C(=O)Nc2cc(F)cc(CN3CCN(C(=O)CC(C)(C)C)[C@@H](C)C3)c2C)cn1. The Morgan fingerprint density at radius 1 is 1.18 bits per heavy atom. The molecular weight excluding hydrogens is 419 g/mol. The van der Waals surface area contributed by atoms with Gasteiger partial charge in [0.15, 0.2) is 0 Å². The minimum absolute atomic E-state index is 0.0396. The van der Waals surface area contributed by atoms with Crippen LogP contribution >= 0.6 is 0 Å². The van der Waals surface area contributed by atoms with E-state index in [1.165, 1.54) is 18.3 Å². The Labute approximate surface area is 196 Å². The normalized spacial score (nSPS) is 17.2. The zero-order valence-electron chi connectivity index (χ0n) is 20.5. The van der Waals surface area contributed by atoms with Crippen LogP contribution in [0.4, 0.5) is 10.1 Å². The van der Waals surface area contributed by atoms with Gasteiger partial charge in [0.25, 0.3) is 5.91 Å². The zero-order chi connectivity index (χ0) is 24.3. The molecule has 0 radical (unpaired) electrons. The van der Waals surface area contributed by atoms with Crippen molar-refractivity contribution < 1.29 is 14.0 Å². The van der Waals surface area contributed by atoms with Crippen LogP contribution in [-0.4, -0.2) is 52.3 Å². The van der Waals surface area contributed by atoms with Gasteiger partial charge in [-0.05, 0) is 61.6 Å². The summed E-state index contributed by atoms with van der Waals surface area (Å²) in [5, 5.41) is 2.83. The maximum absolute atomic E-state index is 14.4. The van der Waals surface area contributed by atoms with Crippen molar-refractivity contribution in [3.8, 4) is 0 Å². The van der Waals surface area contributed by atoms with Crippen LogP contribution in [0.5, 0.6) is 0 Å². The van der Waals surface area contributed by atoms with Gasteiger partial charge in [0.05, 0.1) is 5.56 Å². The van der Waals surface area contributed by atoms with Crippen LogP contribution in [0.25, 0.3) is 0 Å². The van der Waals surface area contributed by atoms with E-state index in [2.05, 4.69) is 42.9 Å². The van der Waals surface area contributed by atoms with Crippen molar-refractivity contribution in [2.45, 2.75) is 60.5 Å². The molecule has 3 rings (SSSR count). The first-order valence-electron chi connectivity index (χ1n) is 11.5. The van der Waals surface area contributed by atoms with Crippen molar-refractivity contribution in [2.24, 2.45) is 5.41 Å². The van der Waals surface area contributed by atoms with Gasteiger partial charge in [-0.3, -0.25) is 19.5 Å². The van der Waals surface area contributed by atoms with Gasteiger partial charge in [0.1, 0.15) is 5.82 Å². The molecule has 1 atom stereocenters. The molecule has 1 saturated heterocycles. The third kappa shape index (κ3) is 6.60. The van der Waals surface area contributed by atoms with Gasteiger partial charge in [0, 0.05) is 56.2 Å². The van der Waals surface area contributed by atoms with Crippen molar-refractivity contribution in [3.05, 3.63) is 58.7 Å². The molecule has 1 N–H and O–H groups in total. The number of pyridine rings is 1. The van der Waals surface area contributed by atoms with Gasteiger partial charge in [-0.1, -0.05) is 20.8 Å². The number of carbonyl (C=O) groups excluding carboxylic acids is 2. The lowest BCUT2D eigenvalue weighted by Crippen LogP contribution is -2.54. The summed E-state index contributed by atoms with van der Waals surface area (Å²) >= 11 is 0. The Hall–Kier alpha value is -2.80. The van der Waals surface area contributed by atoms with Gasteiger partial charge in [-0.15, -0.1) is 0 Å². The van der Waals surface area contributed by atoms with E-state index < -0.39 is 0 Å². The highest BCUT2D eigenvalue weighted by Gasteiger charge is 2.30. The molecule has 1 aromatic carbocycles. The van der Waals surface area contributed by atoms with Crippen molar-refractivity contribution in [3.63, 3.8) is 0 Å². The fraction of sp³-hybridized carbons (Fsp3) is 0.500. The number of benzene rings is 1. The van der Waals surface area contributed by atoms with Crippen LogP contribution in [0.15, 0.2) is 30.5 Å². The standard InChI is InChI=1S/C26H35FN4O2/c1-17-7-8-20(14-28-17)25(33)29-23-12-22(27)11-21(19(23)3)16-30-9-10-31(18(2)15-30)24(32)13-26(4,5)6/h7-8,11-12,14,18H,9-10,13,15-16H2,1-6H3,(H,29,33)/t18-/m0/s1. The molecule has 0 unspecified atom stereocenters. The summed E-state index contributed by atoms with van der Waals surface area (Å²) in [5.74, 6) is -0.520. The van der Waals surface area contributed by atoms with Crippen LogP contribution in [0.2, 0.25) is 0 Å². The average Bonchev–Trinajstić information content (AvgIpc) is 2.70. The smallest absolute Gasteiger partial charge is 0.257 e. The van der Waals surface area contributed by atoms with Gasteiger partial charge in [0.2, 0.25) is 5.91 Å². The summed E-state index contributed by atoms with van der Waals surface area (Å²) in [6.07, 6.45) is 2.04. The zero-order valence-corrected chi connectivity index (χ0v) is 20.5. The van der Waals surface area contributed by atoms with Gasteiger partial charge >= 0.3 is 0 Å². The van der Waals surface area contributed by atoms with Crippen LogP contribution in [-0.2, 0) is 11.3 Å². The Bertz CT molecular complexity index is 1010. The van der Waals surface area contributed by atoms with E-state index in [0.717, 1.165) is 29.9 Å². The molecule has 0 aliphatic carbocycles. The number of aromatic nitrogens is 1. The lowest BCUT2D eigenvalue weighted by molar-refractivity contribution is -0.137. The number of anilines is 1. The van der Waals surface area contributed by atoms with Gasteiger partial charge in [-0.2, -0.15) is 0 Å². The first kappa shape index (κ1) is 24.8. The third-order valence-corrected chi connectivity index (χ3v) is 6.01. The number of rotatable bonds is 5. The van der Waals surface area contributed by atoms with E-state index >= 15 is 0 Å². The minimum atomic E-state index is -0.389. The third-order valence-electron chi connectivity index (χ3n) is 6.01. The molecule has 1 aliphatic rings. The maximum atomic E-state index is 14.4. The van der Waals surface area contributed by atoms with E-state index in [4.69, 9.17) is 0 Å². The predicted molar refractivity (Wildman–Crippen MR) is 129 cm³/mol. The summed E-state index contributed by atoms with van der Waals surface area (Å²) in [5.41, 5.74) is 3.34. The van der Waals surface area contributed by atoms with Gasteiger partial charge in [-0.25, -0.2) is 4.39 Å². The van der Waals surface area contributed by atoms with Gasteiger partial charge < -0.3 is 10.2 Å². The summed E-state index contributed by atoms with van der Waals surface area (Å²) < 4.78 is 14.4. The molecule has 1 fully saturated rings. The quantitative estimate of drug-likeness (QED) is 0.719. The van der Waals surface area contributed by atoms with Crippen LogP contribution in [0.3, 0.4) is 0 Å². The van der Waals surface area contributed by atoms with Crippen molar-refractivity contribution in [2.75, 3.05) is 25.0 Å². The van der Waals surface area contributed by atoms with Crippen molar-refractivity contribution in [1.82, 2.24) is 14.8 Å². The number of amides is 2. The van der Waals surface area contributed by atoms with E-state index in [-0.39, 0.29) is 29.1 Å². The number of nitrogens with one attached hydrogen (secondary N) is 1. The maximum Gasteiger partial charge on any atom is 0.257 e. The average molecular weight is 455 g/mol. The number of hydrogen-bond acceptors (Lipinski definition) is 4. The second-order valence-electron chi connectivity index (χ2n) is 10.3. The van der Waals surface area contributed by atoms with E-state index in [0.29, 0.717) is 30.8 Å². The number of halogens is 1. The fourth-order valence-corrected chi connectivity index (χ4v) is 4.17. The molecule has 178 valence electrons. The van der Waals surface area contributed by atoms with Crippen LogP contribution in [0.1, 0.15) is 61.3 Å².